The number of hydrogen-bond donors (Lipinski definition) is 1. The van der Waals surface area contributed by atoms with Gasteiger partial charge in [-0.05, 0) is 25.9 Å². The van der Waals surface area contributed by atoms with Crippen LogP contribution in [0, 0.1) is 0 Å². The van der Waals surface area contributed by atoms with Crippen molar-refractivity contribution in [1.29, 1.82) is 0 Å². The maximum absolute atomic E-state index is 8.90. The number of aliphatic hydroxyl groups excluding tert-OH is 1. The van der Waals surface area contributed by atoms with E-state index in [2.05, 4.69) is 16.7 Å². The van der Waals surface area contributed by atoms with E-state index < -0.39 is 0 Å². The number of rotatable bonds is 7. The van der Waals surface area contributed by atoms with Gasteiger partial charge < -0.3 is 9.84 Å². The monoisotopic (exact) mass is 230 g/mol. The second-order valence-corrected chi connectivity index (χ2v) is 4.37. The van der Waals surface area contributed by atoms with Gasteiger partial charge >= 0.3 is 0 Å². The molecule has 1 N–H and O–H groups in total. The summed E-state index contributed by atoms with van der Waals surface area (Å²) >= 11 is 0. The van der Waals surface area contributed by atoms with Crippen LogP contribution in [0.1, 0.15) is 19.8 Å². The van der Waals surface area contributed by atoms with Gasteiger partial charge in [0, 0.05) is 32.8 Å². The molecule has 0 spiro atoms. The molecule has 4 nitrogen and oxygen atoms in total. The molecule has 1 aliphatic rings. The Morgan fingerprint density at radius 2 is 1.69 bits per heavy atom. The van der Waals surface area contributed by atoms with E-state index in [1.54, 1.807) is 0 Å². The minimum atomic E-state index is 0.277. The summed E-state index contributed by atoms with van der Waals surface area (Å²) in [7, 11) is 0. The van der Waals surface area contributed by atoms with Crippen molar-refractivity contribution in [3.05, 3.63) is 0 Å². The topological polar surface area (TPSA) is 35.9 Å². The highest BCUT2D eigenvalue weighted by molar-refractivity contribution is 4.69. The highest BCUT2D eigenvalue weighted by atomic mass is 16.5. The third-order valence-electron chi connectivity index (χ3n) is 3.00. The highest BCUT2D eigenvalue weighted by Crippen LogP contribution is 2.02. The summed E-state index contributed by atoms with van der Waals surface area (Å²) in [5.41, 5.74) is 0. The standard InChI is InChI=1S/C12H26N2O2/c1-2-11-16-12-9-14-5-3-4-13(6-7-14)8-10-15/h15H,2-12H2,1H3. The average Bonchev–Trinajstić information content (AvgIpc) is 2.51. The van der Waals surface area contributed by atoms with Crippen molar-refractivity contribution in [1.82, 2.24) is 9.80 Å². The Balaban J connectivity index is 2.10. The Morgan fingerprint density at radius 1 is 1.00 bits per heavy atom. The molecule has 0 saturated carbocycles. The summed E-state index contributed by atoms with van der Waals surface area (Å²) in [6.45, 7) is 10.5. The first kappa shape index (κ1) is 13.9. The van der Waals surface area contributed by atoms with Gasteiger partial charge in [0.05, 0.1) is 13.2 Å². The van der Waals surface area contributed by atoms with Crippen LogP contribution in [-0.4, -0.2) is 74.0 Å². The minimum Gasteiger partial charge on any atom is -0.395 e. The van der Waals surface area contributed by atoms with Crippen molar-refractivity contribution in [2.24, 2.45) is 0 Å². The van der Waals surface area contributed by atoms with E-state index in [-0.39, 0.29) is 6.61 Å². The summed E-state index contributed by atoms with van der Waals surface area (Å²) in [4.78, 5) is 4.81. The Bertz CT molecular complexity index is 167. The predicted octanol–water partition coefficient (Wildman–Crippen LogP) is 0.413. The van der Waals surface area contributed by atoms with E-state index in [1.165, 1.54) is 6.42 Å². The van der Waals surface area contributed by atoms with E-state index in [4.69, 9.17) is 9.84 Å². The molecule has 1 saturated heterocycles. The largest absolute Gasteiger partial charge is 0.395 e. The number of nitrogens with zero attached hydrogens (tertiary/aromatic N) is 2. The lowest BCUT2D eigenvalue weighted by Gasteiger charge is -2.21. The van der Waals surface area contributed by atoms with Crippen LogP contribution in [0.5, 0.6) is 0 Å². The molecule has 1 fully saturated rings. The maximum Gasteiger partial charge on any atom is 0.0593 e. The van der Waals surface area contributed by atoms with Gasteiger partial charge in [-0.2, -0.15) is 0 Å². The molecule has 1 heterocycles. The Labute approximate surface area is 99.2 Å². The first-order chi connectivity index (χ1) is 7.86. The zero-order chi connectivity index (χ0) is 11.6. The van der Waals surface area contributed by atoms with Gasteiger partial charge in [-0.3, -0.25) is 9.80 Å². The number of hydrogen-bond acceptors (Lipinski definition) is 4. The molecule has 0 aromatic heterocycles. The molecule has 1 aliphatic heterocycles. The fourth-order valence-electron chi connectivity index (χ4n) is 2.05. The molecule has 4 heteroatoms. The fraction of sp³-hybridized carbons (Fsp3) is 1.00. The van der Waals surface area contributed by atoms with Crippen molar-refractivity contribution < 1.29 is 9.84 Å². The van der Waals surface area contributed by atoms with Crippen LogP contribution in [0.15, 0.2) is 0 Å². The quantitative estimate of drug-likeness (QED) is 0.643. The molecule has 0 radical (unpaired) electrons. The van der Waals surface area contributed by atoms with E-state index in [1.807, 2.05) is 0 Å². The zero-order valence-electron chi connectivity index (χ0n) is 10.5. The number of ether oxygens (including phenoxy) is 1. The van der Waals surface area contributed by atoms with Crippen LogP contribution in [0.25, 0.3) is 0 Å². The molecule has 0 aromatic rings. The van der Waals surface area contributed by atoms with Crippen molar-refractivity contribution in [2.75, 3.05) is 59.1 Å². The lowest BCUT2D eigenvalue weighted by atomic mass is 10.4. The van der Waals surface area contributed by atoms with Crippen molar-refractivity contribution in [2.45, 2.75) is 19.8 Å². The van der Waals surface area contributed by atoms with Gasteiger partial charge in [-0.15, -0.1) is 0 Å². The Kier molecular flexibility index (Phi) is 7.76. The summed E-state index contributed by atoms with van der Waals surface area (Å²) in [6, 6.07) is 0. The van der Waals surface area contributed by atoms with E-state index in [9.17, 15) is 0 Å². The molecule has 0 bridgehead atoms. The fourth-order valence-corrected chi connectivity index (χ4v) is 2.05. The first-order valence-corrected chi connectivity index (χ1v) is 6.50. The molecule has 16 heavy (non-hydrogen) atoms. The second-order valence-electron chi connectivity index (χ2n) is 4.37. The summed E-state index contributed by atoms with van der Waals surface area (Å²) in [6.07, 6.45) is 2.30. The summed E-state index contributed by atoms with van der Waals surface area (Å²) < 4.78 is 5.51. The Morgan fingerprint density at radius 3 is 2.31 bits per heavy atom. The molecule has 0 aromatic carbocycles. The van der Waals surface area contributed by atoms with Crippen molar-refractivity contribution >= 4 is 0 Å². The van der Waals surface area contributed by atoms with Gasteiger partial charge in [0.2, 0.25) is 0 Å². The van der Waals surface area contributed by atoms with E-state index in [0.717, 1.165) is 58.9 Å². The molecular formula is C12H26N2O2. The molecular weight excluding hydrogens is 204 g/mol. The molecule has 0 amide bonds. The van der Waals surface area contributed by atoms with Crippen LogP contribution in [0.2, 0.25) is 0 Å². The van der Waals surface area contributed by atoms with Crippen LogP contribution in [-0.2, 0) is 4.74 Å². The van der Waals surface area contributed by atoms with Gasteiger partial charge in [-0.25, -0.2) is 0 Å². The number of aliphatic hydroxyl groups is 1. The number of β-amino-alcohol motifs (C(OH)–C–C–N with tert-alkyl or cyclic N) is 1. The van der Waals surface area contributed by atoms with Gasteiger partial charge in [0.1, 0.15) is 0 Å². The molecule has 0 aliphatic carbocycles. The Hall–Kier alpha value is -0.160. The second kappa shape index (κ2) is 8.93. The average molecular weight is 230 g/mol. The maximum atomic E-state index is 8.90. The van der Waals surface area contributed by atoms with Crippen molar-refractivity contribution in [3.8, 4) is 0 Å². The first-order valence-electron chi connectivity index (χ1n) is 6.50. The van der Waals surface area contributed by atoms with E-state index in [0.29, 0.717) is 0 Å². The minimum absolute atomic E-state index is 0.277. The van der Waals surface area contributed by atoms with Gasteiger partial charge in [-0.1, -0.05) is 6.92 Å². The SMILES string of the molecule is CCCOCCN1CCCN(CCO)CC1. The molecule has 0 atom stereocenters. The van der Waals surface area contributed by atoms with Crippen molar-refractivity contribution in [3.63, 3.8) is 0 Å². The third-order valence-corrected chi connectivity index (χ3v) is 3.00. The van der Waals surface area contributed by atoms with Crippen LogP contribution < -0.4 is 0 Å². The molecule has 0 unspecified atom stereocenters. The van der Waals surface area contributed by atoms with Crippen LogP contribution >= 0.6 is 0 Å². The van der Waals surface area contributed by atoms with Gasteiger partial charge in [0.15, 0.2) is 0 Å². The molecule has 96 valence electrons. The van der Waals surface area contributed by atoms with Crippen LogP contribution in [0.4, 0.5) is 0 Å². The summed E-state index contributed by atoms with van der Waals surface area (Å²) in [5, 5.41) is 8.90. The molecule has 1 rings (SSSR count). The predicted molar refractivity (Wildman–Crippen MR) is 65.7 cm³/mol. The van der Waals surface area contributed by atoms with Crippen LogP contribution in [0.3, 0.4) is 0 Å². The summed E-state index contributed by atoms with van der Waals surface area (Å²) in [5.74, 6) is 0. The zero-order valence-corrected chi connectivity index (χ0v) is 10.5. The lowest BCUT2D eigenvalue weighted by Crippen LogP contribution is -2.34. The lowest BCUT2D eigenvalue weighted by molar-refractivity contribution is 0.105. The normalized spacial score (nSPS) is 19.9. The highest BCUT2D eigenvalue weighted by Gasteiger charge is 2.13. The van der Waals surface area contributed by atoms with Gasteiger partial charge in [0.25, 0.3) is 0 Å². The van der Waals surface area contributed by atoms with E-state index >= 15 is 0 Å². The third kappa shape index (κ3) is 5.80. The smallest absolute Gasteiger partial charge is 0.0593 e.